The van der Waals surface area contributed by atoms with Crippen LogP contribution in [0.4, 0.5) is 13.2 Å². The molecule has 3 fully saturated rings. The summed E-state index contributed by atoms with van der Waals surface area (Å²) < 4.78 is 45.1. The van der Waals surface area contributed by atoms with Gasteiger partial charge in [-0.1, -0.05) is 125 Å². The highest BCUT2D eigenvalue weighted by Crippen LogP contribution is 2.29. The van der Waals surface area contributed by atoms with Crippen molar-refractivity contribution in [1.82, 2.24) is 77.3 Å². The number of carboxylic acids is 1. The highest BCUT2D eigenvalue weighted by Gasteiger charge is 2.48. The van der Waals surface area contributed by atoms with Gasteiger partial charge in [-0.05, 0) is 83.3 Å². The number of carboxylic acid groups (broad SMARTS) is 1. The summed E-state index contributed by atoms with van der Waals surface area (Å²) in [5.74, 6) is -28.4. The van der Waals surface area contributed by atoms with Crippen LogP contribution in [0.15, 0.2) is 128 Å². The van der Waals surface area contributed by atoms with E-state index in [1.54, 1.807) is 91.9 Å². The highest BCUT2D eigenvalue weighted by atomic mass is 32.2. The quantitative estimate of drug-likeness (QED) is 0.0284. The summed E-state index contributed by atoms with van der Waals surface area (Å²) in [4.78, 5) is 270. The number of nitrogens with one attached hydrogen (secondary N) is 10. The Balaban J connectivity index is 1.15. The van der Waals surface area contributed by atoms with Crippen LogP contribution >= 0.6 is 11.8 Å². The summed E-state index contributed by atoms with van der Waals surface area (Å²) in [5.41, 5.74) is 18.3. The van der Waals surface area contributed by atoms with Crippen LogP contribution in [-0.4, -0.2) is 299 Å². The second-order valence-electron chi connectivity index (χ2n) is 34.2. The van der Waals surface area contributed by atoms with E-state index in [9.17, 15) is 68.0 Å². The molecule has 0 radical (unpaired) electrons. The van der Waals surface area contributed by atoms with Gasteiger partial charge in [0.25, 0.3) is 0 Å². The van der Waals surface area contributed by atoms with Gasteiger partial charge in [0.2, 0.25) is 100 Å². The molecule has 3 aliphatic heterocycles. The van der Waals surface area contributed by atoms with Crippen LogP contribution in [0.2, 0.25) is 0 Å². The minimum Gasteiger partial charge on any atom is -0.508 e. The Bertz CT molecular complexity index is 5350. The number of para-hydroxylation sites is 1. The molecule has 3 aliphatic rings. The standard InChI is InChI=1S/C92H115F3N18O22S/c1-7-8-23-68-91(134)113-45-56(116)40-71(113)87(130)106-65(41-77(121)122)84(127)108-79(48(2)3)92(135)110(5)69(36-49-17-11-9-12-18-49)85(128)103-62(29-31-74(97)118)89(132)112-44-55(115)39-70(112)86(129)105-64(38-53-42-99-60-22-16-15-21-57(53)60)83(126)104-63(34-51-24-26-54(114)27-25-51)82(125)102-61(28-30-73(96)117)81(124)107-67(80(123)100-43-75(98)119)46-136-47-76(120)101-66(35-52-32-58(93)78(95)59(94)33-52)88(131)111(6)72(90(133)109(68)4)37-50-19-13-10-14-20-50/h9-22,24-27,32-33,42,48,55-56,61-72,79,99,114-116H,7-8,23,28-31,34-41,43-47H2,1-6H3,(H2,96,117)(H2,97,118)(H2,98,119)(H,100,123)(H,101,120)(H,102,125)(H,103,128)(H,104,126)(H,105,129)(H,106,130)(H,107,124)(H,108,127)(H,121,122)/t55-,56-,61+,62+,63+,64+,65+,66+,67+,68+,69+,70+,71-,72+,79+/m1/s1. The molecule has 40 nitrogen and oxygen atoms in total. The fraction of sp³-hybridized carbons (Fsp3) is 0.457. The number of hydrogen-bond acceptors (Lipinski definition) is 22. The number of carbonyl (C=O) groups excluding carboxylic acids is 17. The second kappa shape index (κ2) is 49.3. The minimum atomic E-state index is -2.08. The molecule has 20 N–H and O–H groups in total. The Kier molecular flexibility index (Phi) is 38.3. The lowest BCUT2D eigenvalue weighted by molar-refractivity contribution is -0.152. The summed E-state index contributed by atoms with van der Waals surface area (Å²) in [6.07, 6.45) is -8.19. The van der Waals surface area contributed by atoms with E-state index in [1.807, 2.05) is 0 Å². The predicted octanol–water partition coefficient (Wildman–Crippen LogP) is -1.71. The number of nitrogens with two attached hydrogens (primary N) is 3. The van der Waals surface area contributed by atoms with E-state index in [0.29, 0.717) is 57.9 Å². The first-order valence-corrected chi connectivity index (χ1v) is 45.3. The normalized spacial score (nSPS) is 24.3. The maximum absolute atomic E-state index is 15.7. The van der Waals surface area contributed by atoms with E-state index in [0.717, 1.165) is 31.5 Å². The smallest absolute Gasteiger partial charge is 0.305 e. The molecule has 732 valence electrons. The predicted molar refractivity (Wildman–Crippen MR) is 484 cm³/mol. The first-order chi connectivity index (χ1) is 64.5. The van der Waals surface area contributed by atoms with E-state index in [-0.39, 0.29) is 37.0 Å². The van der Waals surface area contributed by atoms with Gasteiger partial charge in [0, 0.05) is 115 Å². The van der Waals surface area contributed by atoms with E-state index in [4.69, 9.17) is 17.2 Å². The molecular weight excluding hydrogens is 1800 g/mol. The number of H-pyrrole nitrogens is 1. The van der Waals surface area contributed by atoms with Crippen LogP contribution in [0.5, 0.6) is 5.75 Å². The molecule has 5 aromatic carbocycles. The SMILES string of the molecule is CCCC[C@H]1C(=O)N2C[C@H](O)C[C@@H]2C(=O)N[C@@H](CC(=O)O)C(=O)N[C@@H](C(C)C)C(=O)N(C)[C@@H](Cc2ccccc2)C(=O)N[C@@H](CCC(N)=O)C(=O)N2C[C@H](O)C[C@H]2C(=O)N[C@@H](Cc2c[nH]c3ccccc23)C(=O)N[C@@H](Cc2ccc(O)cc2)C(=O)N[C@@H](CCC(N)=O)C(=O)N[C@H](C(=O)NCC(N)=O)CSCC(=O)N[C@@H](Cc2cc(F)c(F)c(F)c2)C(=O)N(C)[C@@H](Cc2ccccc2)C(=O)N1C. The van der Waals surface area contributed by atoms with E-state index >= 15 is 51.9 Å². The number of aromatic hydroxyl groups is 1. The van der Waals surface area contributed by atoms with Gasteiger partial charge < -0.3 is 115 Å². The summed E-state index contributed by atoms with van der Waals surface area (Å²) >= 11 is 0.574. The van der Waals surface area contributed by atoms with E-state index in [2.05, 4.69) is 52.8 Å². The van der Waals surface area contributed by atoms with Crippen LogP contribution in [0.25, 0.3) is 10.9 Å². The molecule has 136 heavy (non-hydrogen) atoms. The Morgan fingerprint density at radius 2 is 0.978 bits per heavy atom. The van der Waals surface area contributed by atoms with Crippen molar-refractivity contribution in [1.29, 1.82) is 0 Å². The number of aliphatic hydroxyl groups is 2. The molecule has 3 saturated heterocycles. The Labute approximate surface area is 784 Å². The van der Waals surface area contributed by atoms with E-state index in [1.165, 1.54) is 58.4 Å². The third kappa shape index (κ3) is 29.2. The maximum atomic E-state index is 15.7. The monoisotopic (exact) mass is 1910 g/mol. The number of rotatable bonds is 25. The van der Waals surface area contributed by atoms with Gasteiger partial charge in [0.1, 0.15) is 84.3 Å². The molecule has 0 unspecified atom stereocenters. The molecule has 0 saturated carbocycles. The number of phenols is 1. The Hall–Kier alpha value is -14.0. The van der Waals surface area contributed by atoms with Gasteiger partial charge in [-0.2, -0.15) is 0 Å². The van der Waals surface area contributed by atoms with Crippen molar-refractivity contribution in [2.24, 2.45) is 23.1 Å². The van der Waals surface area contributed by atoms with Crippen LogP contribution in [0, 0.1) is 23.4 Å². The summed E-state index contributed by atoms with van der Waals surface area (Å²) in [5, 5.41) is 66.6. The van der Waals surface area contributed by atoms with Crippen LogP contribution in [0.1, 0.15) is 113 Å². The van der Waals surface area contributed by atoms with Gasteiger partial charge in [0.05, 0.1) is 30.9 Å². The summed E-state index contributed by atoms with van der Waals surface area (Å²) in [6, 6.07) is 5.86. The number of primary amides is 3. The van der Waals surface area contributed by atoms with Crippen LogP contribution in [-0.2, 0) is 118 Å². The number of amides is 17. The molecule has 44 heteroatoms. The number of aromatic nitrogens is 1. The molecule has 0 bridgehead atoms. The van der Waals surface area contributed by atoms with Crippen molar-refractivity contribution < 1.29 is 120 Å². The maximum Gasteiger partial charge on any atom is 0.305 e. The first kappa shape index (κ1) is 106. The van der Waals surface area contributed by atoms with Crippen molar-refractivity contribution in [3.05, 3.63) is 173 Å². The number of aliphatic hydroxyl groups excluding tert-OH is 2. The number of fused-ring (bicyclic) bond motifs is 3. The molecule has 0 spiro atoms. The topological polar surface area (TPSA) is 607 Å². The number of halogens is 3. The molecule has 4 heterocycles. The van der Waals surface area contributed by atoms with Gasteiger partial charge in [-0.15, -0.1) is 11.8 Å². The van der Waals surface area contributed by atoms with Gasteiger partial charge in [0.15, 0.2) is 17.5 Å². The van der Waals surface area contributed by atoms with Crippen molar-refractivity contribution >= 4 is 129 Å². The Morgan fingerprint density at radius 1 is 0.493 bits per heavy atom. The average Bonchev–Trinajstić information content (AvgIpc) is 1.78. The van der Waals surface area contributed by atoms with Crippen LogP contribution < -0.4 is 65.1 Å². The molecule has 6 aromatic rings. The zero-order chi connectivity index (χ0) is 99.6. The number of likely N-dealkylation sites (N-methyl/N-ethyl adjacent to an activating group) is 3. The van der Waals surface area contributed by atoms with E-state index < -0.39 is 321 Å². The number of thioether (sulfide) groups is 1. The van der Waals surface area contributed by atoms with Gasteiger partial charge in [-0.25, -0.2) is 13.2 Å². The summed E-state index contributed by atoms with van der Waals surface area (Å²) in [6.45, 7) is 2.65. The number of unbranched alkanes of at least 4 members (excludes halogenated alkanes) is 1. The van der Waals surface area contributed by atoms with Crippen LogP contribution in [0.3, 0.4) is 0 Å². The van der Waals surface area contributed by atoms with Gasteiger partial charge >= 0.3 is 5.97 Å². The van der Waals surface area contributed by atoms with Gasteiger partial charge in [-0.3, -0.25) is 86.3 Å². The minimum absolute atomic E-state index is 0.162. The Morgan fingerprint density at radius 3 is 1.54 bits per heavy atom. The number of phenolic OH excluding ortho intramolecular Hbond substituents is 1. The second-order valence-corrected chi connectivity index (χ2v) is 35.3. The average molecular weight is 1910 g/mol. The number of benzene rings is 5. The molecule has 15 atom stereocenters. The number of hydrogen-bond donors (Lipinski definition) is 17. The van der Waals surface area contributed by atoms with Crippen molar-refractivity contribution in [2.45, 2.75) is 208 Å². The van der Waals surface area contributed by atoms with Crippen molar-refractivity contribution in [2.75, 3.05) is 52.3 Å². The number of aromatic amines is 1. The highest BCUT2D eigenvalue weighted by molar-refractivity contribution is 8.00. The third-order valence-electron chi connectivity index (χ3n) is 23.7. The lowest BCUT2D eigenvalue weighted by Gasteiger charge is -2.38. The molecule has 0 aliphatic carbocycles. The lowest BCUT2D eigenvalue weighted by Crippen LogP contribution is -2.62. The third-order valence-corrected chi connectivity index (χ3v) is 24.8. The van der Waals surface area contributed by atoms with Crippen molar-refractivity contribution in [3.63, 3.8) is 0 Å². The molecule has 9 rings (SSSR count). The molecular formula is C92H115F3N18O22S. The van der Waals surface area contributed by atoms with Crippen molar-refractivity contribution in [3.8, 4) is 5.75 Å². The number of carbonyl (C=O) groups is 18. The fourth-order valence-electron chi connectivity index (χ4n) is 16.3. The zero-order valence-electron chi connectivity index (χ0n) is 75.7. The molecule has 17 amide bonds. The molecule has 1 aromatic heterocycles. The number of aliphatic carboxylic acids is 1. The summed E-state index contributed by atoms with van der Waals surface area (Å²) in [7, 11) is 3.52. The zero-order valence-corrected chi connectivity index (χ0v) is 76.5. The first-order valence-electron chi connectivity index (χ1n) is 44.2. The fourth-order valence-corrected chi connectivity index (χ4v) is 17.2. The number of nitrogens with zero attached hydrogens (tertiary/aromatic N) is 5. The largest absolute Gasteiger partial charge is 0.508 e. The lowest BCUT2D eigenvalue weighted by atomic mass is 9.98.